The molecule has 1 saturated carbocycles. The highest BCUT2D eigenvalue weighted by Gasteiger charge is 2.59. The summed E-state index contributed by atoms with van der Waals surface area (Å²) in [5, 5.41) is 32.3. The summed E-state index contributed by atoms with van der Waals surface area (Å²) in [6.45, 7) is 4.82. The Labute approximate surface area is 213 Å². The normalized spacial score (nSPS) is 27.3. The van der Waals surface area contributed by atoms with Crippen LogP contribution < -0.4 is 0 Å². The number of ether oxygens (including phenoxy) is 2. The van der Waals surface area contributed by atoms with Gasteiger partial charge in [0.2, 0.25) is 0 Å². The fourth-order valence-electron chi connectivity index (χ4n) is 6.63. The van der Waals surface area contributed by atoms with E-state index in [0.29, 0.717) is 55.0 Å². The summed E-state index contributed by atoms with van der Waals surface area (Å²) in [5.41, 5.74) is 1.13. The van der Waals surface area contributed by atoms with E-state index in [9.17, 15) is 28.6 Å². The number of benzene rings is 1. The molecule has 1 aromatic heterocycles. The molecule has 2 spiro atoms. The number of aliphatic hydroxyl groups is 2. The van der Waals surface area contributed by atoms with Crippen LogP contribution in [0.4, 0.5) is 13.2 Å². The number of pyridine rings is 1. The van der Waals surface area contributed by atoms with Gasteiger partial charge in [-0.05, 0) is 48.4 Å². The van der Waals surface area contributed by atoms with Crippen LogP contribution in [0.15, 0.2) is 18.2 Å². The first kappa shape index (κ1) is 24.8. The molecule has 9 heteroatoms. The molecule has 3 heterocycles. The van der Waals surface area contributed by atoms with Gasteiger partial charge in [0.15, 0.2) is 0 Å². The van der Waals surface area contributed by atoms with Crippen LogP contribution in [0.25, 0.3) is 0 Å². The third-order valence-corrected chi connectivity index (χ3v) is 8.68. The van der Waals surface area contributed by atoms with Crippen molar-refractivity contribution in [3.63, 3.8) is 0 Å². The van der Waals surface area contributed by atoms with Crippen LogP contribution >= 0.6 is 0 Å². The molecular formula is C28H29F3N2O4. The Hall–Kier alpha value is -2.51. The molecule has 0 bridgehead atoms. The zero-order valence-corrected chi connectivity index (χ0v) is 20.7. The van der Waals surface area contributed by atoms with Gasteiger partial charge in [-0.25, -0.2) is 0 Å². The van der Waals surface area contributed by atoms with E-state index in [-0.39, 0.29) is 11.3 Å². The molecule has 2 aliphatic carbocycles. The van der Waals surface area contributed by atoms with Crippen molar-refractivity contribution in [3.8, 4) is 6.07 Å². The van der Waals surface area contributed by atoms with Crippen LogP contribution in [0.3, 0.4) is 0 Å². The van der Waals surface area contributed by atoms with E-state index in [4.69, 9.17) is 14.5 Å². The van der Waals surface area contributed by atoms with Crippen molar-refractivity contribution in [3.05, 3.63) is 63.0 Å². The quantitative estimate of drug-likeness (QED) is 0.552. The molecule has 3 atom stereocenters. The van der Waals surface area contributed by atoms with Gasteiger partial charge in [0.05, 0.1) is 34.6 Å². The van der Waals surface area contributed by atoms with E-state index < -0.39 is 41.2 Å². The van der Waals surface area contributed by atoms with E-state index in [1.807, 2.05) is 13.8 Å². The van der Waals surface area contributed by atoms with E-state index >= 15 is 0 Å². The molecule has 2 fully saturated rings. The monoisotopic (exact) mass is 514 g/mol. The van der Waals surface area contributed by atoms with Gasteiger partial charge in [-0.3, -0.25) is 4.98 Å². The fraction of sp³-hybridized carbons (Fsp3) is 0.571. The average molecular weight is 515 g/mol. The first-order valence-electron chi connectivity index (χ1n) is 12.8. The largest absolute Gasteiger partial charge is 0.417 e. The van der Waals surface area contributed by atoms with Crippen LogP contribution in [-0.2, 0) is 21.3 Å². The summed E-state index contributed by atoms with van der Waals surface area (Å²) < 4.78 is 53.0. The highest BCUT2D eigenvalue weighted by Crippen LogP contribution is 2.66. The number of nitrogens with zero attached hydrogens (tertiary/aromatic N) is 2. The number of aromatic nitrogens is 1. The highest BCUT2D eigenvalue weighted by atomic mass is 19.4. The Kier molecular flexibility index (Phi) is 5.53. The van der Waals surface area contributed by atoms with Crippen molar-refractivity contribution in [2.24, 2.45) is 5.41 Å². The van der Waals surface area contributed by atoms with Crippen molar-refractivity contribution in [1.82, 2.24) is 4.98 Å². The number of fused-ring (bicyclic) bond motifs is 4. The maximum Gasteiger partial charge on any atom is 0.417 e. The molecule has 1 saturated heterocycles. The van der Waals surface area contributed by atoms with Gasteiger partial charge in [-0.15, -0.1) is 0 Å². The van der Waals surface area contributed by atoms with Gasteiger partial charge < -0.3 is 19.7 Å². The van der Waals surface area contributed by atoms with Crippen LogP contribution in [-0.4, -0.2) is 28.4 Å². The highest BCUT2D eigenvalue weighted by molar-refractivity contribution is 5.56. The number of alkyl halides is 3. The van der Waals surface area contributed by atoms with E-state index in [1.165, 1.54) is 12.1 Å². The fourth-order valence-corrected chi connectivity index (χ4v) is 6.63. The molecule has 6 nitrogen and oxygen atoms in total. The topological polar surface area (TPSA) is 95.6 Å². The zero-order chi connectivity index (χ0) is 26.3. The maximum absolute atomic E-state index is 13.5. The summed E-state index contributed by atoms with van der Waals surface area (Å²) in [4.78, 5) is 4.94. The second kappa shape index (κ2) is 8.24. The minimum absolute atomic E-state index is 0.0774. The average Bonchev–Trinajstić information content (AvgIpc) is 3.57. The molecule has 2 N–H and O–H groups in total. The van der Waals surface area contributed by atoms with Gasteiger partial charge in [-0.2, -0.15) is 18.4 Å². The van der Waals surface area contributed by atoms with Crippen LogP contribution in [0, 0.1) is 16.7 Å². The SMILES string of the molecule is CC(C)c1nc2c(c3c1[C@@H](c1ccc(C(F)(F)F)c(C#N)c1)OC31CCOCC1)[C@@H](O)CC1(CC1)[C@H]2O. The number of rotatable bonds is 2. The predicted molar refractivity (Wildman–Crippen MR) is 125 cm³/mol. The van der Waals surface area contributed by atoms with Crippen molar-refractivity contribution in [2.45, 2.75) is 82.0 Å². The molecule has 196 valence electrons. The summed E-state index contributed by atoms with van der Waals surface area (Å²) in [6.07, 6.45) is -3.92. The molecule has 0 amide bonds. The van der Waals surface area contributed by atoms with Gasteiger partial charge in [0, 0.05) is 48.3 Å². The predicted octanol–water partition coefficient (Wildman–Crippen LogP) is 5.47. The van der Waals surface area contributed by atoms with Crippen molar-refractivity contribution < 1.29 is 32.9 Å². The third-order valence-electron chi connectivity index (χ3n) is 8.68. The van der Waals surface area contributed by atoms with Gasteiger partial charge in [0.25, 0.3) is 0 Å². The summed E-state index contributed by atoms with van der Waals surface area (Å²) in [7, 11) is 0. The Bertz CT molecular complexity index is 1310. The molecule has 37 heavy (non-hydrogen) atoms. The number of nitriles is 1. The number of aliphatic hydroxyl groups excluding tert-OH is 2. The molecule has 4 aliphatic rings. The molecule has 2 aliphatic heterocycles. The second-order valence-electron chi connectivity index (χ2n) is 11.2. The Balaban J connectivity index is 1.61. The first-order valence-corrected chi connectivity index (χ1v) is 12.8. The van der Waals surface area contributed by atoms with Crippen LogP contribution in [0.1, 0.15) is 115 Å². The van der Waals surface area contributed by atoms with Gasteiger partial charge in [0.1, 0.15) is 12.2 Å². The standard InChI is InChI=1S/C28H29F3N2O4/c1-14(2)22-20-21(19-18(34)12-26(5-6-26)25(35)23(19)33-22)27(7-9-36-10-8-27)37-24(20)15-3-4-17(28(29,30)31)16(11-15)13-32/h3-4,11,14,18,24-25,34-35H,5-10,12H2,1-2H3/t18-,24+,25-/m0/s1. The molecule has 0 radical (unpaired) electrons. The summed E-state index contributed by atoms with van der Waals surface area (Å²) >= 11 is 0. The van der Waals surface area contributed by atoms with Crippen LogP contribution in [0.5, 0.6) is 0 Å². The Morgan fingerprint density at radius 1 is 1.11 bits per heavy atom. The molecule has 1 aromatic carbocycles. The summed E-state index contributed by atoms with van der Waals surface area (Å²) in [5.74, 6) is -0.0774. The van der Waals surface area contributed by atoms with E-state index in [2.05, 4.69) is 0 Å². The lowest BCUT2D eigenvalue weighted by Crippen LogP contribution is -2.37. The molecule has 2 aromatic rings. The number of halogens is 3. The van der Waals surface area contributed by atoms with Gasteiger partial charge in [-0.1, -0.05) is 19.9 Å². The molecule has 0 unspecified atom stereocenters. The minimum atomic E-state index is -4.65. The Morgan fingerprint density at radius 2 is 1.81 bits per heavy atom. The smallest absolute Gasteiger partial charge is 0.388 e. The number of hydrogen-bond acceptors (Lipinski definition) is 6. The van der Waals surface area contributed by atoms with Crippen molar-refractivity contribution >= 4 is 0 Å². The minimum Gasteiger partial charge on any atom is -0.388 e. The van der Waals surface area contributed by atoms with Crippen molar-refractivity contribution in [2.75, 3.05) is 13.2 Å². The Morgan fingerprint density at radius 3 is 2.41 bits per heavy atom. The lowest BCUT2D eigenvalue weighted by atomic mass is 9.72. The maximum atomic E-state index is 13.5. The van der Waals surface area contributed by atoms with E-state index in [0.717, 1.165) is 30.0 Å². The second-order valence-corrected chi connectivity index (χ2v) is 11.2. The summed E-state index contributed by atoms with van der Waals surface area (Å²) in [6, 6.07) is 5.24. The first-order chi connectivity index (χ1) is 17.5. The zero-order valence-electron chi connectivity index (χ0n) is 20.7. The van der Waals surface area contributed by atoms with Gasteiger partial charge >= 0.3 is 6.18 Å². The van der Waals surface area contributed by atoms with E-state index in [1.54, 1.807) is 6.07 Å². The lowest BCUT2D eigenvalue weighted by molar-refractivity contribution is -0.138. The number of hydrogen-bond donors (Lipinski definition) is 2. The molecule has 6 rings (SSSR count). The third kappa shape index (κ3) is 3.64. The molecular weight excluding hydrogens is 485 g/mol. The van der Waals surface area contributed by atoms with Crippen LogP contribution in [0.2, 0.25) is 0 Å². The lowest BCUT2D eigenvalue weighted by Gasteiger charge is -2.40. The van der Waals surface area contributed by atoms with Crippen molar-refractivity contribution in [1.29, 1.82) is 5.26 Å².